The standard InChI is InChI=1S/C14H20N2S/c1-12(2)17-14-8-6-13(7-9-14)16(3)11-5-4-10-15/h6-9,12H,4-5,11H2,1-3H3. The van der Waals surface area contributed by atoms with E-state index in [2.05, 4.69) is 56.1 Å². The molecule has 0 aromatic heterocycles. The summed E-state index contributed by atoms with van der Waals surface area (Å²) >= 11 is 1.88. The molecule has 3 heteroatoms. The fraction of sp³-hybridized carbons (Fsp3) is 0.500. The van der Waals surface area contributed by atoms with Crippen LogP contribution in [-0.4, -0.2) is 18.8 Å². The van der Waals surface area contributed by atoms with Gasteiger partial charge in [-0.2, -0.15) is 5.26 Å². The monoisotopic (exact) mass is 248 g/mol. The van der Waals surface area contributed by atoms with Gasteiger partial charge >= 0.3 is 0 Å². The molecule has 0 aliphatic rings. The molecule has 1 aromatic carbocycles. The van der Waals surface area contributed by atoms with E-state index in [0.29, 0.717) is 11.7 Å². The van der Waals surface area contributed by atoms with E-state index in [0.717, 1.165) is 13.0 Å². The maximum Gasteiger partial charge on any atom is 0.0622 e. The van der Waals surface area contributed by atoms with Gasteiger partial charge in [0.2, 0.25) is 0 Å². The third kappa shape index (κ3) is 5.14. The minimum atomic E-state index is 0.620. The number of hydrogen-bond acceptors (Lipinski definition) is 3. The van der Waals surface area contributed by atoms with E-state index in [-0.39, 0.29) is 0 Å². The molecule has 0 N–H and O–H groups in total. The van der Waals surface area contributed by atoms with Crippen LogP contribution in [0.25, 0.3) is 0 Å². The molecule has 92 valence electrons. The maximum atomic E-state index is 8.50. The van der Waals surface area contributed by atoms with Gasteiger partial charge in [-0.1, -0.05) is 13.8 Å². The molecule has 0 amide bonds. The van der Waals surface area contributed by atoms with Crippen molar-refractivity contribution in [1.82, 2.24) is 0 Å². The van der Waals surface area contributed by atoms with Crippen molar-refractivity contribution in [3.8, 4) is 6.07 Å². The topological polar surface area (TPSA) is 27.0 Å². The quantitative estimate of drug-likeness (QED) is 0.564. The zero-order valence-electron chi connectivity index (χ0n) is 10.8. The molecule has 17 heavy (non-hydrogen) atoms. The second-order valence-corrected chi connectivity index (χ2v) is 5.99. The van der Waals surface area contributed by atoms with Gasteiger partial charge in [-0.05, 0) is 30.7 Å². The van der Waals surface area contributed by atoms with Crippen LogP contribution in [0.2, 0.25) is 0 Å². The molecule has 0 heterocycles. The third-order valence-electron chi connectivity index (χ3n) is 2.43. The van der Waals surface area contributed by atoms with Gasteiger partial charge < -0.3 is 4.90 Å². The zero-order chi connectivity index (χ0) is 12.7. The molecule has 0 saturated carbocycles. The lowest BCUT2D eigenvalue weighted by molar-refractivity contribution is 0.806. The van der Waals surface area contributed by atoms with Gasteiger partial charge in [0.05, 0.1) is 6.07 Å². The van der Waals surface area contributed by atoms with Gasteiger partial charge in [0.1, 0.15) is 0 Å². The summed E-state index contributed by atoms with van der Waals surface area (Å²) in [5, 5.41) is 9.12. The van der Waals surface area contributed by atoms with Gasteiger partial charge in [-0.15, -0.1) is 11.8 Å². The van der Waals surface area contributed by atoms with Gasteiger partial charge in [0, 0.05) is 35.8 Å². The van der Waals surface area contributed by atoms with Crippen LogP contribution in [0, 0.1) is 11.3 Å². The maximum absolute atomic E-state index is 8.50. The molecule has 0 aliphatic heterocycles. The number of nitrogens with zero attached hydrogens (tertiary/aromatic N) is 2. The lowest BCUT2D eigenvalue weighted by Crippen LogP contribution is -2.18. The summed E-state index contributed by atoms with van der Waals surface area (Å²) in [6, 6.07) is 10.8. The average molecular weight is 248 g/mol. The van der Waals surface area contributed by atoms with Crippen molar-refractivity contribution in [2.45, 2.75) is 36.8 Å². The lowest BCUT2D eigenvalue weighted by Gasteiger charge is -2.19. The van der Waals surface area contributed by atoms with Gasteiger partial charge in [0.15, 0.2) is 0 Å². The summed E-state index contributed by atoms with van der Waals surface area (Å²) in [7, 11) is 2.07. The minimum Gasteiger partial charge on any atom is -0.375 e. The first-order valence-electron chi connectivity index (χ1n) is 5.98. The van der Waals surface area contributed by atoms with Crippen molar-refractivity contribution < 1.29 is 0 Å². The van der Waals surface area contributed by atoms with E-state index in [1.54, 1.807) is 0 Å². The van der Waals surface area contributed by atoms with Gasteiger partial charge in [-0.25, -0.2) is 0 Å². The Kier molecular flexibility index (Phi) is 5.93. The summed E-state index contributed by atoms with van der Waals surface area (Å²) in [4.78, 5) is 3.51. The van der Waals surface area contributed by atoms with Crippen LogP contribution in [-0.2, 0) is 0 Å². The predicted octanol–water partition coefficient (Wildman–Crippen LogP) is 3.93. The van der Waals surface area contributed by atoms with E-state index >= 15 is 0 Å². The van der Waals surface area contributed by atoms with Crippen LogP contribution in [0.5, 0.6) is 0 Å². The number of unbranched alkanes of at least 4 members (excludes halogenated alkanes) is 1. The zero-order valence-corrected chi connectivity index (χ0v) is 11.6. The largest absolute Gasteiger partial charge is 0.375 e. The molecular weight excluding hydrogens is 228 g/mol. The molecule has 1 rings (SSSR count). The SMILES string of the molecule is CC(C)Sc1ccc(N(C)CCCC#N)cc1. The highest BCUT2D eigenvalue weighted by Crippen LogP contribution is 2.25. The Morgan fingerprint density at radius 3 is 2.47 bits per heavy atom. The average Bonchev–Trinajstić information content (AvgIpc) is 2.29. The number of rotatable bonds is 6. The first kappa shape index (κ1) is 13.9. The molecule has 2 nitrogen and oxygen atoms in total. The van der Waals surface area contributed by atoms with Gasteiger partial charge in [0.25, 0.3) is 0 Å². The van der Waals surface area contributed by atoms with Crippen LogP contribution in [0.3, 0.4) is 0 Å². The molecular formula is C14H20N2S. The van der Waals surface area contributed by atoms with E-state index in [1.165, 1.54) is 10.6 Å². The number of thioether (sulfide) groups is 1. The van der Waals surface area contributed by atoms with Crippen LogP contribution >= 0.6 is 11.8 Å². The van der Waals surface area contributed by atoms with Crippen molar-refractivity contribution in [2.75, 3.05) is 18.5 Å². The highest BCUT2D eigenvalue weighted by Gasteiger charge is 2.02. The Bertz CT molecular complexity index is 365. The van der Waals surface area contributed by atoms with E-state index in [1.807, 2.05) is 11.8 Å². The Morgan fingerprint density at radius 1 is 1.29 bits per heavy atom. The van der Waals surface area contributed by atoms with Crippen molar-refractivity contribution in [1.29, 1.82) is 5.26 Å². The molecule has 0 spiro atoms. The van der Waals surface area contributed by atoms with Crippen LogP contribution in [0.1, 0.15) is 26.7 Å². The fourth-order valence-corrected chi connectivity index (χ4v) is 2.41. The van der Waals surface area contributed by atoms with Crippen molar-refractivity contribution in [3.63, 3.8) is 0 Å². The Balaban J connectivity index is 2.52. The summed E-state index contributed by atoms with van der Waals surface area (Å²) in [6.45, 7) is 5.34. The van der Waals surface area contributed by atoms with E-state index in [9.17, 15) is 0 Å². The fourth-order valence-electron chi connectivity index (χ4n) is 1.58. The minimum absolute atomic E-state index is 0.620. The normalized spacial score (nSPS) is 10.3. The van der Waals surface area contributed by atoms with Gasteiger partial charge in [-0.3, -0.25) is 0 Å². The number of hydrogen-bond donors (Lipinski definition) is 0. The van der Waals surface area contributed by atoms with Crippen molar-refractivity contribution >= 4 is 17.4 Å². The molecule has 0 fully saturated rings. The molecule has 0 bridgehead atoms. The van der Waals surface area contributed by atoms with Crippen LogP contribution in [0.4, 0.5) is 5.69 Å². The Labute approximate surface area is 109 Å². The number of anilines is 1. The summed E-state index contributed by atoms with van der Waals surface area (Å²) in [5.74, 6) is 0. The predicted molar refractivity (Wildman–Crippen MR) is 75.6 cm³/mol. The molecule has 0 radical (unpaired) electrons. The summed E-state index contributed by atoms with van der Waals surface area (Å²) in [6.07, 6.45) is 1.56. The molecule has 0 unspecified atom stereocenters. The Hall–Kier alpha value is -1.14. The molecule has 0 saturated heterocycles. The Morgan fingerprint density at radius 2 is 1.94 bits per heavy atom. The highest BCUT2D eigenvalue weighted by atomic mass is 32.2. The second-order valence-electron chi connectivity index (χ2n) is 4.34. The van der Waals surface area contributed by atoms with E-state index in [4.69, 9.17) is 5.26 Å². The number of nitriles is 1. The summed E-state index contributed by atoms with van der Waals surface area (Å²) in [5.41, 5.74) is 1.22. The molecule has 0 atom stereocenters. The van der Waals surface area contributed by atoms with Crippen LogP contribution < -0.4 is 4.90 Å². The van der Waals surface area contributed by atoms with Crippen molar-refractivity contribution in [2.24, 2.45) is 0 Å². The number of benzene rings is 1. The van der Waals surface area contributed by atoms with E-state index < -0.39 is 0 Å². The molecule has 1 aromatic rings. The lowest BCUT2D eigenvalue weighted by atomic mass is 10.2. The smallest absolute Gasteiger partial charge is 0.0622 e. The second kappa shape index (κ2) is 7.24. The highest BCUT2D eigenvalue weighted by molar-refractivity contribution is 7.99. The first-order chi connectivity index (χ1) is 8.13. The first-order valence-corrected chi connectivity index (χ1v) is 6.86. The molecule has 0 aliphatic carbocycles. The third-order valence-corrected chi connectivity index (χ3v) is 3.45. The van der Waals surface area contributed by atoms with Crippen LogP contribution in [0.15, 0.2) is 29.2 Å². The van der Waals surface area contributed by atoms with Crippen molar-refractivity contribution in [3.05, 3.63) is 24.3 Å². The summed E-state index contributed by atoms with van der Waals surface area (Å²) < 4.78 is 0.